The van der Waals surface area contributed by atoms with Gasteiger partial charge in [-0.1, -0.05) is 60.7 Å². The molecule has 0 spiro atoms. The first-order valence-electron chi connectivity index (χ1n) is 8.06. The number of methoxy groups -OCH3 is 1. The lowest BCUT2D eigenvalue weighted by molar-refractivity contribution is -0.146. The Balaban J connectivity index is 1.69. The van der Waals surface area contributed by atoms with Crippen LogP contribution in [0.3, 0.4) is 0 Å². The number of ether oxygens (including phenoxy) is 2. The molecule has 0 radical (unpaired) electrons. The summed E-state index contributed by atoms with van der Waals surface area (Å²) in [5.41, 5.74) is 2.35. The average molecular weight is 310 g/mol. The number of hydrogen-bond acceptors (Lipinski definition) is 3. The van der Waals surface area contributed by atoms with Crippen LogP contribution in [0.15, 0.2) is 60.7 Å². The van der Waals surface area contributed by atoms with Crippen molar-refractivity contribution in [2.45, 2.75) is 31.5 Å². The zero-order valence-corrected chi connectivity index (χ0v) is 13.4. The van der Waals surface area contributed by atoms with Gasteiger partial charge in [-0.05, 0) is 29.9 Å². The molecule has 2 aromatic carbocycles. The van der Waals surface area contributed by atoms with E-state index in [1.54, 1.807) is 0 Å². The van der Waals surface area contributed by atoms with Crippen LogP contribution in [0.1, 0.15) is 29.9 Å². The number of carbonyl (C=O) groups is 1. The maximum absolute atomic E-state index is 12.1. The molecule has 23 heavy (non-hydrogen) atoms. The van der Waals surface area contributed by atoms with E-state index < -0.39 is 0 Å². The summed E-state index contributed by atoms with van der Waals surface area (Å²) in [6, 6.07) is 20.3. The van der Waals surface area contributed by atoms with Gasteiger partial charge >= 0.3 is 5.97 Å². The fourth-order valence-corrected chi connectivity index (χ4v) is 3.40. The van der Waals surface area contributed by atoms with Gasteiger partial charge in [0.2, 0.25) is 0 Å². The van der Waals surface area contributed by atoms with E-state index in [0.29, 0.717) is 6.61 Å². The smallest absolute Gasteiger partial charge is 0.309 e. The molecule has 120 valence electrons. The van der Waals surface area contributed by atoms with Gasteiger partial charge in [-0.25, -0.2) is 0 Å². The van der Waals surface area contributed by atoms with Gasteiger partial charge in [-0.3, -0.25) is 4.79 Å². The standard InChI is InChI=1S/C20H22O3/c1-22-20(21)19-13-17(23-14-15-8-4-2-5-9-15)12-18(19)16-10-6-3-7-11-16/h2-11,17-19H,12-14H2,1H3. The first-order valence-corrected chi connectivity index (χ1v) is 8.06. The molecule has 1 aliphatic rings. The average Bonchev–Trinajstić information content (AvgIpc) is 3.05. The van der Waals surface area contributed by atoms with Gasteiger partial charge in [0.15, 0.2) is 0 Å². The molecular weight excluding hydrogens is 288 g/mol. The normalized spacial score (nSPS) is 23.6. The van der Waals surface area contributed by atoms with E-state index in [1.807, 2.05) is 36.4 Å². The molecule has 1 fully saturated rings. The van der Waals surface area contributed by atoms with Crippen molar-refractivity contribution in [1.82, 2.24) is 0 Å². The SMILES string of the molecule is COC(=O)C1CC(OCc2ccccc2)CC1c1ccccc1. The van der Waals surface area contributed by atoms with Gasteiger partial charge in [-0.2, -0.15) is 0 Å². The molecule has 0 N–H and O–H groups in total. The lowest BCUT2D eigenvalue weighted by Gasteiger charge is -2.17. The Morgan fingerprint density at radius 1 is 1.00 bits per heavy atom. The van der Waals surface area contributed by atoms with Gasteiger partial charge in [0.1, 0.15) is 0 Å². The van der Waals surface area contributed by atoms with E-state index in [-0.39, 0.29) is 23.9 Å². The first-order chi connectivity index (χ1) is 11.3. The third-order valence-corrected chi connectivity index (χ3v) is 4.58. The number of hydrogen-bond donors (Lipinski definition) is 0. The third-order valence-electron chi connectivity index (χ3n) is 4.58. The fraction of sp³-hybridized carbons (Fsp3) is 0.350. The zero-order chi connectivity index (χ0) is 16.1. The quantitative estimate of drug-likeness (QED) is 0.785. The van der Waals surface area contributed by atoms with Crippen molar-refractivity contribution < 1.29 is 14.3 Å². The van der Waals surface area contributed by atoms with Crippen molar-refractivity contribution >= 4 is 5.97 Å². The zero-order valence-electron chi connectivity index (χ0n) is 13.4. The highest BCUT2D eigenvalue weighted by Gasteiger charge is 2.40. The second-order valence-electron chi connectivity index (χ2n) is 6.04. The highest BCUT2D eigenvalue weighted by molar-refractivity contribution is 5.74. The number of esters is 1. The Kier molecular flexibility index (Phi) is 5.09. The fourth-order valence-electron chi connectivity index (χ4n) is 3.40. The number of rotatable bonds is 5. The van der Waals surface area contributed by atoms with Gasteiger partial charge in [0, 0.05) is 0 Å². The Morgan fingerprint density at radius 2 is 1.65 bits per heavy atom. The Bertz CT molecular complexity index is 624. The molecule has 0 aromatic heterocycles. The molecule has 3 rings (SSSR count). The van der Waals surface area contributed by atoms with Crippen LogP contribution in [0.4, 0.5) is 0 Å². The van der Waals surface area contributed by atoms with Crippen LogP contribution in [0.5, 0.6) is 0 Å². The van der Waals surface area contributed by atoms with E-state index in [0.717, 1.165) is 18.4 Å². The summed E-state index contributed by atoms with van der Waals surface area (Å²) in [4.78, 5) is 12.1. The lowest BCUT2D eigenvalue weighted by atomic mass is 9.89. The minimum absolute atomic E-state index is 0.0875. The summed E-state index contributed by atoms with van der Waals surface area (Å²) in [6.45, 7) is 0.584. The topological polar surface area (TPSA) is 35.5 Å². The molecular formula is C20H22O3. The van der Waals surface area contributed by atoms with Crippen molar-refractivity contribution in [3.8, 4) is 0 Å². The summed E-state index contributed by atoms with van der Waals surface area (Å²) in [5.74, 6) is -0.0859. The van der Waals surface area contributed by atoms with E-state index in [9.17, 15) is 4.79 Å². The van der Waals surface area contributed by atoms with Crippen LogP contribution in [0.25, 0.3) is 0 Å². The van der Waals surface area contributed by atoms with E-state index in [4.69, 9.17) is 9.47 Å². The van der Waals surface area contributed by atoms with Crippen LogP contribution in [-0.4, -0.2) is 19.2 Å². The van der Waals surface area contributed by atoms with Gasteiger partial charge < -0.3 is 9.47 Å². The molecule has 0 heterocycles. The molecule has 3 unspecified atom stereocenters. The highest BCUT2D eigenvalue weighted by Crippen LogP contribution is 2.41. The Hall–Kier alpha value is -2.13. The molecule has 0 aliphatic heterocycles. The van der Waals surface area contributed by atoms with Crippen molar-refractivity contribution in [2.75, 3.05) is 7.11 Å². The second kappa shape index (κ2) is 7.42. The van der Waals surface area contributed by atoms with Crippen molar-refractivity contribution in [1.29, 1.82) is 0 Å². The predicted octanol–water partition coefficient (Wildman–Crippen LogP) is 3.94. The molecule has 3 atom stereocenters. The van der Waals surface area contributed by atoms with E-state index in [2.05, 4.69) is 24.3 Å². The van der Waals surface area contributed by atoms with Crippen LogP contribution in [-0.2, 0) is 20.9 Å². The van der Waals surface area contributed by atoms with Gasteiger partial charge in [0.05, 0.1) is 25.7 Å². The summed E-state index contributed by atoms with van der Waals surface area (Å²) >= 11 is 0. The lowest BCUT2D eigenvalue weighted by Crippen LogP contribution is -2.19. The minimum atomic E-state index is -0.135. The van der Waals surface area contributed by atoms with E-state index >= 15 is 0 Å². The maximum Gasteiger partial charge on any atom is 0.309 e. The number of benzene rings is 2. The molecule has 2 aromatic rings. The monoisotopic (exact) mass is 310 g/mol. The highest BCUT2D eigenvalue weighted by atomic mass is 16.5. The predicted molar refractivity (Wildman–Crippen MR) is 88.9 cm³/mol. The molecule has 0 amide bonds. The van der Waals surface area contributed by atoms with Crippen LogP contribution >= 0.6 is 0 Å². The van der Waals surface area contributed by atoms with E-state index in [1.165, 1.54) is 12.7 Å². The summed E-state index contributed by atoms with van der Waals surface area (Å²) < 4.78 is 11.1. The summed E-state index contributed by atoms with van der Waals surface area (Å²) in [5, 5.41) is 0. The molecule has 3 heteroatoms. The molecule has 0 bridgehead atoms. The van der Waals surface area contributed by atoms with Crippen LogP contribution in [0, 0.1) is 5.92 Å². The van der Waals surface area contributed by atoms with Crippen molar-refractivity contribution in [3.05, 3.63) is 71.8 Å². The minimum Gasteiger partial charge on any atom is -0.469 e. The Labute approximate surface area is 137 Å². The third kappa shape index (κ3) is 3.80. The van der Waals surface area contributed by atoms with Crippen molar-refractivity contribution in [2.24, 2.45) is 5.92 Å². The van der Waals surface area contributed by atoms with Crippen LogP contribution < -0.4 is 0 Å². The van der Waals surface area contributed by atoms with Gasteiger partial charge in [0.25, 0.3) is 0 Å². The molecule has 0 saturated heterocycles. The van der Waals surface area contributed by atoms with Crippen LogP contribution in [0.2, 0.25) is 0 Å². The van der Waals surface area contributed by atoms with Gasteiger partial charge in [-0.15, -0.1) is 0 Å². The Morgan fingerprint density at radius 3 is 2.30 bits per heavy atom. The molecule has 3 nitrogen and oxygen atoms in total. The summed E-state index contributed by atoms with van der Waals surface area (Å²) in [7, 11) is 1.46. The second-order valence-corrected chi connectivity index (χ2v) is 6.04. The largest absolute Gasteiger partial charge is 0.469 e. The first kappa shape index (κ1) is 15.8. The molecule has 1 saturated carbocycles. The van der Waals surface area contributed by atoms with Crippen molar-refractivity contribution in [3.63, 3.8) is 0 Å². The summed E-state index contributed by atoms with van der Waals surface area (Å²) in [6.07, 6.45) is 1.67. The molecule has 1 aliphatic carbocycles. The number of carbonyl (C=O) groups excluding carboxylic acids is 1. The maximum atomic E-state index is 12.1.